The molecule has 1 aliphatic rings. The minimum absolute atomic E-state index is 0.101. The molecule has 0 heterocycles. The van der Waals surface area contributed by atoms with Gasteiger partial charge in [-0.05, 0) is 30.6 Å². The van der Waals surface area contributed by atoms with Crippen molar-refractivity contribution in [2.45, 2.75) is 33.6 Å². The molecule has 1 aliphatic carbocycles. The maximum absolute atomic E-state index is 10.8. The predicted octanol–water partition coefficient (Wildman–Crippen LogP) is 2.39. The van der Waals surface area contributed by atoms with Crippen molar-refractivity contribution in [1.29, 1.82) is 0 Å². The van der Waals surface area contributed by atoms with Gasteiger partial charge in [0.25, 0.3) is 0 Å². The highest BCUT2D eigenvalue weighted by atomic mass is 16.4. The quantitative estimate of drug-likeness (QED) is 0.656. The molecule has 1 N–H and O–H groups in total. The van der Waals surface area contributed by atoms with Crippen molar-refractivity contribution < 1.29 is 9.90 Å². The molecule has 0 saturated heterocycles. The highest BCUT2D eigenvalue weighted by Crippen LogP contribution is 2.37. The van der Waals surface area contributed by atoms with Crippen LogP contribution in [0.4, 0.5) is 0 Å². The first-order valence-corrected chi connectivity index (χ1v) is 4.75. The van der Waals surface area contributed by atoms with Crippen molar-refractivity contribution in [3.63, 3.8) is 0 Å². The molecule has 0 aromatic carbocycles. The van der Waals surface area contributed by atoms with Gasteiger partial charge in [-0.3, -0.25) is 4.79 Å². The lowest BCUT2D eigenvalue weighted by Gasteiger charge is -2.34. The molecule has 0 unspecified atom stereocenters. The van der Waals surface area contributed by atoms with E-state index in [1.54, 1.807) is 0 Å². The Hall–Kier alpha value is -0.530. The lowest BCUT2D eigenvalue weighted by atomic mass is 9.70. The molecule has 4 atom stereocenters. The van der Waals surface area contributed by atoms with E-state index in [-0.39, 0.29) is 5.92 Å². The molecule has 2 nitrogen and oxygen atoms in total. The molecule has 1 fully saturated rings. The van der Waals surface area contributed by atoms with Crippen molar-refractivity contribution in [3.05, 3.63) is 0 Å². The van der Waals surface area contributed by atoms with Crippen LogP contribution in [0.25, 0.3) is 0 Å². The van der Waals surface area contributed by atoms with Crippen molar-refractivity contribution in [2.24, 2.45) is 23.7 Å². The molecular weight excluding hydrogens is 152 g/mol. The average Bonchev–Trinajstić information content (AvgIpc) is 1.96. The number of rotatable bonds is 1. The third-order valence-corrected chi connectivity index (χ3v) is 3.34. The molecule has 0 amide bonds. The lowest BCUT2D eigenvalue weighted by Crippen LogP contribution is -2.32. The summed E-state index contributed by atoms with van der Waals surface area (Å²) in [5.74, 6) is 0.907. The monoisotopic (exact) mass is 170 g/mol. The van der Waals surface area contributed by atoms with Gasteiger partial charge in [0.15, 0.2) is 0 Å². The number of carboxylic acid groups (broad SMARTS) is 1. The fourth-order valence-corrected chi connectivity index (χ4v) is 2.19. The zero-order valence-corrected chi connectivity index (χ0v) is 8.08. The molecular formula is C10H18O2. The summed E-state index contributed by atoms with van der Waals surface area (Å²) in [6.07, 6.45) is 1.93. The highest BCUT2D eigenvalue weighted by molar-refractivity contribution is 5.70. The van der Waals surface area contributed by atoms with Gasteiger partial charge < -0.3 is 5.11 Å². The van der Waals surface area contributed by atoms with Crippen molar-refractivity contribution >= 4 is 5.97 Å². The Labute approximate surface area is 74.0 Å². The van der Waals surface area contributed by atoms with E-state index >= 15 is 0 Å². The van der Waals surface area contributed by atoms with Crippen LogP contribution >= 0.6 is 0 Å². The summed E-state index contributed by atoms with van der Waals surface area (Å²) in [7, 11) is 0. The standard InChI is InChI=1S/C10H18O2/c1-6-4-8(3)9(10(11)12)5-7(6)2/h6-9H,4-5H2,1-3H3,(H,11,12)/t6-,7-,8+,9-/m0/s1. The Kier molecular flexibility index (Phi) is 2.76. The van der Waals surface area contributed by atoms with Gasteiger partial charge in [-0.15, -0.1) is 0 Å². The third kappa shape index (κ3) is 1.79. The Bertz CT molecular complexity index is 177. The average molecular weight is 170 g/mol. The SMILES string of the molecule is C[C@@H]1C[C@H](C)[C@@H](C)C[C@@H]1C(=O)O. The van der Waals surface area contributed by atoms with Gasteiger partial charge in [0.1, 0.15) is 0 Å². The molecule has 2 heteroatoms. The van der Waals surface area contributed by atoms with Gasteiger partial charge in [0.05, 0.1) is 5.92 Å². The van der Waals surface area contributed by atoms with E-state index in [1.165, 1.54) is 0 Å². The second-order valence-electron chi connectivity index (χ2n) is 4.35. The van der Waals surface area contributed by atoms with Crippen LogP contribution in [-0.2, 0) is 4.79 Å². The number of hydrogen-bond donors (Lipinski definition) is 1. The van der Waals surface area contributed by atoms with Crippen LogP contribution in [0, 0.1) is 23.7 Å². The Balaban J connectivity index is 2.61. The summed E-state index contributed by atoms with van der Waals surface area (Å²) in [6, 6.07) is 0. The van der Waals surface area contributed by atoms with Gasteiger partial charge in [-0.1, -0.05) is 20.8 Å². The Morgan fingerprint density at radius 2 is 1.58 bits per heavy atom. The smallest absolute Gasteiger partial charge is 0.306 e. The summed E-state index contributed by atoms with van der Waals surface area (Å²) in [5.41, 5.74) is 0. The van der Waals surface area contributed by atoms with Crippen LogP contribution in [0.3, 0.4) is 0 Å². The zero-order chi connectivity index (χ0) is 9.30. The minimum Gasteiger partial charge on any atom is -0.481 e. The molecule has 0 radical (unpaired) electrons. The number of hydrogen-bond acceptors (Lipinski definition) is 1. The Morgan fingerprint density at radius 1 is 1.08 bits per heavy atom. The zero-order valence-electron chi connectivity index (χ0n) is 8.08. The number of carbonyl (C=O) groups is 1. The second kappa shape index (κ2) is 3.46. The first-order valence-electron chi connectivity index (χ1n) is 4.75. The van der Waals surface area contributed by atoms with E-state index in [2.05, 4.69) is 20.8 Å². The van der Waals surface area contributed by atoms with E-state index in [0.717, 1.165) is 12.8 Å². The second-order valence-corrected chi connectivity index (χ2v) is 4.35. The first-order chi connectivity index (χ1) is 5.52. The largest absolute Gasteiger partial charge is 0.481 e. The fourth-order valence-electron chi connectivity index (χ4n) is 2.19. The molecule has 0 aromatic heterocycles. The molecule has 1 saturated carbocycles. The van der Waals surface area contributed by atoms with E-state index in [9.17, 15) is 4.79 Å². The molecule has 1 rings (SSSR count). The lowest BCUT2D eigenvalue weighted by molar-refractivity contribution is -0.145. The van der Waals surface area contributed by atoms with Gasteiger partial charge >= 0.3 is 5.97 Å². The Morgan fingerprint density at radius 3 is 2.08 bits per heavy atom. The van der Waals surface area contributed by atoms with E-state index < -0.39 is 5.97 Å². The van der Waals surface area contributed by atoms with Crippen LogP contribution in [0.2, 0.25) is 0 Å². The van der Waals surface area contributed by atoms with Crippen molar-refractivity contribution in [1.82, 2.24) is 0 Å². The number of aliphatic carboxylic acids is 1. The van der Waals surface area contributed by atoms with Gasteiger partial charge in [0, 0.05) is 0 Å². The first kappa shape index (κ1) is 9.56. The minimum atomic E-state index is -0.610. The molecule has 0 spiro atoms. The maximum atomic E-state index is 10.8. The van der Waals surface area contributed by atoms with Crippen LogP contribution in [0.1, 0.15) is 33.6 Å². The molecule has 0 bridgehead atoms. The van der Waals surface area contributed by atoms with Crippen LogP contribution in [0.5, 0.6) is 0 Å². The van der Waals surface area contributed by atoms with Gasteiger partial charge in [0.2, 0.25) is 0 Å². The number of carboxylic acids is 1. The van der Waals surface area contributed by atoms with Gasteiger partial charge in [-0.2, -0.15) is 0 Å². The highest BCUT2D eigenvalue weighted by Gasteiger charge is 2.34. The van der Waals surface area contributed by atoms with E-state index in [4.69, 9.17) is 5.11 Å². The van der Waals surface area contributed by atoms with Crippen molar-refractivity contribution in [2.75, 3.05) is 0 Å². The van der Waals surface area contributed by atoms with Crippen LogP contribution in [-0.4, -0.2) is 11.1 Å². The van der Waals surface area contributed by atoms with E-state index in [0.29, 0.717) is 17.8 Å². The summed E-state index contributed by atoms with van der Waals surface area (Å²) >= 11 is 0. The maximum Gasteiger partial charge on any atom is 0.306 e. The van der Waals surface area contributed by atoms with Crippen molar-refractivity contribution in [3.8, 4) is 0 Å². The third-order valence-electron chi connectivity index (χ3n) is 3.34. The topological polar surface area (TPSA) is 37.3 Å². The fraction of sp³-hybridized carbons (Fsp3) is 0.900. The molecule has 0 aromatic rings. The molecule has 70 valence electrons. The predicted molar refractivity (Wildman–Crippen MR) is 47.9 cm³/mol. The van der Waals surface area contributed by atoms with Crippen LogP contribution in [0.15, 0.2) is 0 Å². The summed E-state index contributed by atoms with van der Waals surface area (Å²) < 4.78 is 0. The van der Waals surface area contributed by atoms with Crippen LogP contribution < -0.4 is 0 Å². The van der Waals surface area contributed by atoms with Gasteiger partial charge in [-0.25, -0.2) is 0 Å². The molecule has 12 heavy (non-hydrogen) atoms. The summed E-state index contributed by atoms with van der Waals surface area (Å²) in [5, 5.41) is 8.91. The normalized spacial score (nSPS) is 42.6. The molecule has 0 aliphatic heterocycles. The van der Waals surface area contributed by atoms with E-state index in [1.807, 2.05) is 0 Å². The summed E-state index contributed by atoms with van der Waals surface area (Å²) in [6.45, 7) is 6.44. The summed E-state index contributed by atoms with van der Waals surface area (Å²) in [4.78, 5) is 10.8.